The summed E-state index contributed by atoms with van der Waals surface area (Å²) in [5, 5.41) is 12.2. The molecule has 24 heavy (non-hydrogen) atoms. The summed E-state index contributed by atoms with van der Waals surface area (Å²) in [6, 6.07) is 7.12. The second kappa shape index (κ2) is 5.95. The van der Waals surface area contributed by atoms with Gasteiger partial charge in [-0.25, -0.2) is 0 Å². The fourth-order valence-corrected chi connectivity index (χ4v) is 3.34. The van der Waals surface area contributed by atoms with Gasteiger partial charge in [-0.3, -0.25) is 19.7 Å². The van der Waals surface area contributed by atoms with E-state index in [1.807, 2.05) is 4.90 Å². The smallest absolute Gasteiger partial charge is 0.357 e. The number of nitrogens with zero attached hydrogens (tertiary/aromatic N) is 3. The van der Waals surface area contributed by atoms with Crippen molar-refractivity contribution in [3.05, 3.63) is 44.7 Å². The maximum absolute atomic E-state index is 12.5. The third-order valence-corrected chi connectivity index (χ3v) is 4.65. The number of piperidine rings is 1. The van der Waals surface area contributed by atoms with Gasteiger partial charge in [0.05, 0.1) is 10.4 Å². The van der Waals surface area contributed by atoms with Gasteiger partial charge in [0, 0.05) is 31.4 Å². The van der Waals surface area contributed by atoms with Crippen molar-refractivity contribution < 1.29 is 9.72 Å². The van der Waals surface area contributed by atoms with Crippen molar-refractivity contribution in [2.75, 3.05) is 18.0 Å². The highest BCUT2D eigenvalue weighted by Gasteiger charge is 2.32. The lowest BCUT2D eigenvalue weighted by Gasteiger charge is -2.32. The molecule has 8 nitrogen and oxygen atoms in total. The quantitative estimate of drug-likeness (QED) is 0.670. The molecule has 8 heteroatoms. The molecule has 1 aromatic heterocycles. The third kappa shape index (κ3) is 2.49. The Morgan fingerprint density at radius 3 is 2.50 bits per heavy atom. The molecular weight excluding hydrogens is 312 g/mol. The zero-order valence-electron chi connectivity index (χ0n) is 13.3. The summed E-state index contributed by atoms with van der Waals surface area (Å²) < 4.78 is 1.30. The molecule has 0 aliphatic carbocycles. The minimum Gasteiger partial charge on any atom is -0.369 e. The van der Waals surface area contributed by atoms with Gasteiger partial charge in [0.1, 0.15) is 5.69 Å². The van der Waals surface area contributed by atoms with Crippen LogP contribution in [0.3, 0.4) is 0 Å². The first kappa shape index (κ1) is 16.0. The van der Waals surface area contributed by atoms with Crippen LogP contribution in [0.5, 0.6) is 0 Å². The molecule has 0 saturated carbocycles. The Kier molecular flexibility index (Phi) is 3.96. The molecule has 1 amide bonds. The SMILES string of the molecule is Cn1c(=O)c([N+](=O)[O-])c(N2CCC(C(N)=O)CC2)c2ccccc21. The maximum atomic E-state index is 12.5. The normalized spacial score (nSPS) is 15.6. The van der Waals surface area contributed by atoms with Crippen molar-refractivity contribution in [2.24, 2.45) is 18.7 Å². The molecule has 0 bridgehead atoms. The molecule has 1 aliphatic rings. The summed E-state index contributed by atoms with van der Waals surface area (Å²) in [6.07, 6.45) is 1.05. The van der Waals surface area contributed by atoms with Gasteiger partial charge in [-0.1, -0.05) is 18.2 Å². The fourth-order valence-electron chi connectivity index (χ4n) is 3.34. The van der Waals surface area contributed by atoms with Crippen molar-refractivity contribution in [3.63, 3.8) is 0 Å². The Hall–Kier alpha value is -2.90. The summed E-state index contributed by atoms with van der Waals surface area (Å²) in [5.74, 6) is -0.573. The summed E-state index contributed by atoms with van der Waals surface area (Å²) >= 11 is 0. The van der Waals surface area contributed by atoms with Crippen molar-refractivity contribution in [3.8, 4) is 0 Å². The predicted octanol–water partition coefficient (Wildman–Crippen LogP) is 1.15. The van der Waals surface area contributed by atoms with Gasteiger partial charge in [0.15, 0.2) is 0 Å². The second-order valence-corrected chi connectivity index (χ2v) is 6.00. The lowest BCUT2D eigenvalue weighted by molar-refractivity contribution is -0.385. The number of rotatable bonds is 3. The van der Waals surface area contributed by atoms with Crippen LogP contribution in [0.4, 0.5) is 11.4 Å². The van der Waals surface area contributed by atoms with Crippen LogP contribution in [0.25, 0.3) is 10.9 Å². The second-order valence-electron chi connectivity index (χ2n) is 6.00. The van der Waals surface area contributed by atoms with Crippen LogP contribution < -0.4 is 16.2 Å². The van der Waals surface area contributed by atoms with Crippen molar-refractivity contribution >= 4 is 28.2 Å². The number of benzene rings is 1. The number of nitrogens with two attached hydrogens (primary N) is 1. The summed E-state index contributed by atoms with van der Waals surface area (Å²) in [5.41, 5.74) is 5.26. The van der Waals surface area contributed by atoms with Gasteiger partial charge in [0.2, 0.25) is 5.91 Å². The standard InChI is InChI=1S/C16H18N4O4/c1-18-12-5-3-2-4-11(12)13(14(16(18)22)20(23)24)19-8-6-10(7-9-19)15(17)21/h2-5,10H,6-9H2,1H3,(H2,17,21). The van der Waals surface area contributed by atoms with E-state index in [4.69, 9.17) is 5.73 Å². The number of primary amides is 1. The van der Waals surface area contributed by atoms with Gasteiger partial charge < -0.3 is 15.2 Å². The van der Waals surface area contributed by atoms with Crippen LogP contribution in [0.15, 0.2) is 29.1 Å². The van der Waals surface area contributed by atoms with E-state index in [1.54, 1.807) is 24.3 Å². The summed E-state index contributed by atoms with van der Waals surface area (Å²) in [7, 11) is 1.53. The zero-order valence-corrected chi connectivity index (χ0v) is 13.3. The van der Waals surface area contributed by atoms with E-state index >= 15 is 0 Å². The van der Waals surface area contributed by atoms with E-state index < -0.39 is 16.2 Å². The molecule has 1 fully saturated rings. The number of aryl methyl sites for hydroxylation is 1. The molecule has 3 rings (SSSR count). The summed E-state index contributed by atoms with van der Waals surface area (Å²) in [4.78, 5) is 36.6. The highest BCUT2D eigenvalue weighted by molar-refractivity contribution is 5.96. The minimum absolute atomic E-state index is 0.224. The summed E-state index contributed by atoms with van der Waals surface area (Å²) in [6.45, 7) is 0.900. The molecular formula is C16H18N4O4. The molecule has 2 N–H and O–H groups in total. The van der Waals surface area contributed by atoms with Crippen LogP contribution in [0.2, 0.25) is 0 Å². The molecule has 2 aromatic rings. The van der Waals surface area contributed by atoms with Gasteiger partial charge in [-0.2, -0.15) is 0 Å². The van der Waals surface area contributed by atoms with Gasteiger partial charge in [-0.05, 0) is 18.9 Å². The lowest BCUT2D eigenvalue weighted by atomic mass is 9.95. The Morgan fingerprint density at radius 1 is 1.29 bits per heavy atom. The number of para-hydroxylation sites is 1. The number of fused-ring (bicyclic) bond motifs is 1. The number of hydrogen-bond acceptors (Lipinski definition) is 5. The zero-order chi connectivity index (χ0) is 17.4. The highest BCUT2D eigenvalue weighted by Crippen LogP contribution is 2.35. The third-order valence-electron chi connectivity index (χ3n) is 4.65. The Morgan fingerprint density at radius 2 is 1.92 bits per heavy atom. The van der Waals surface area contributed by atoms with E-state index in [2.05, 4.69) is 0 Å². The first-order valence-electron chi connectivity index (χ1n) is 7.72. The predicted molar refractivity (Wildman–Crippen MR) is 90.0 cm³/mol. The number of anilines is 1. The Balaban J connectivity index is 2.18. The number of carbonyl (C=O) groups excluding carboxylic acids is 1. The molecule has 0 spiro atoms. The van der Waals surface area contributed by atoms with E-state index in [9.17, 15) is 19.7 Å². The average Bonchev–Trinajstić information content (AvgIpc) is 2.57. The maximum Gasteiger partial charge on any atom is 0.357 e. The fraction of sp³-hybridized carbons (Fsp3) is 0.375. The molecule has 1 aliphatic heterocycles. The topological polar surface area (TPSA) is 111 Å². The molecule has 126 valence electrons. The number of amides is 1. The highest BCUT2D eigenvalue weighted by atomic mass is 16.6. The minimum atomic E-state index is -0.634. The van der Waals surface area contributed by atoms with E-state index in [-0.39, 0.29) is 11.8 Å². The van der Waals surface area contributed by atoms with E-state index in [0.29, 0.717) is 42.5 Å². The van der Waals surface area contributed by atoms with Crippen LogP contribution >= 0.6 is 0 Å². The Bertz CT molecular complexity index is 882. The number of carbonyl (C=O) groups is 1. The molecule has 2 heterocycles. The molecule has 0 radical (unpaired) electrons. The van der Waals surface area contributed by atoms with Gasteiger partial charge in [0.25, 0.3) is 0 Å². The van der Waals surface area contributed by atoms with E-state index in [0.717, 1.165) is 0 Å². The molecule has 0 atom stereocenters. The monoisotopic (exact) mass is 330 g/mol. The first-order chi connectivity index (χ1) is 11.4. The van der Waals surface area contributed by atoms with Crippen molar-refractivity contribution in [2.45, 2.75) is 12.8 Å². The number of hydrogen-bond donors (Lipinski definition) is 1. The van der Waals surface area contributed by atoms with Crippen molar-refractivity contribution in [1.29, 1.82) is 0 Å². The van der Waals surface area contributed by atoms with Gasteiger partial charge in [-0.15, -0.1) is 0 Å². The number of nitro groups is 1. The first-order valence-corrected chi connectivity index (χ1v) is 7.72. The molecule has 1 aromatic carbocycles. The van der Waals surface area contributed by atoms with Gasteiger partial charge >= 0.3 is 11.2 Å². The number of pyridine rings is 1. The van der Waals surface area contributed by atoms with Crippen LogP contribution in [0, 0.1) is 16.0 Å². The molecule has 0 unspecified atom stereocenters. The van der Waals surface area contributed by atoms with Crippen molar-refractivity contribution in [1.82, 2.24) is 4.57 Å². The Labute approximate surface area is 137 Å². The molecule has 1 saturated heterocycles. The number of aromatic nitrogens is 1. The lowest BCUT2D eigenvalue weighted by Crippen LogP contribution is -2.39. The van der Waals surface area contributed by atoms with E-state index in [1.165, 1.54) is 11.6 Å². The largest absolute Gasteiger partial charge is 0.369 e. The van der Waals surface area contributed by atoms with Crippen LogP contribution in [-0.2, 0) is 11.8 Å². The average molecular weight is 330 g/mol. The van der Waals surface area contributed by atoms with Crippen LogP contribution in [-0.4, -0.2) is 28.5 Å². The van der Waals surface area contributed by atoms with Crippen LogP contribution in [0.1, 0.15) is 12.8 Å².